The maximum atomic E-state index is 11.7. The Bertz CT molecular complexity index is 672. The molecule has 19 heavy (non-hydrogen) atoms. The topological polar surface area (TPSA) is 79.3 Å². The van der Waals surface area contributed by atoms with Crippen molar-refractivity contribution in [1.29, 1.82) is 0 Å². The molecule has 7 nitrogen and oxygen atoms in total. The van der Waals surface area contributed by atoms with E-state index < -0.39 is 4.92 Å². The van der Waals surface area contributed by atoms with Gasteiger partial charge in [0.05, 0.1) is 18.6 Å². The molecule has 0 fully saturated rings. The highest BCUT2D eigenvalue weighted by molar-refractivity contribution is 5.48. The van der Waals surface area contributed by atoms with Crippen LogP contribution in [-0.2, 0) is 13.6 Å². The zero-order valence-corrected chi connectivity index (χ0v) is 10.6. The molecule has 0 aliphatic heterocycles. The van der Waals surface area contributed by atoms with Crippen molar-refractivity contribution in [3.8, 4) is 5.75 Å². The molecular weight excluding hydrogens is 250 g/mol. The Labute approximate surface area is 108 Å². The van der Waals surface area contributed by atoms with Crippen molar-refractivity contribution in [2.24, 2.45) is 7.05 Å². The third-order valence-electron chi connectivity index (χ3n) is 2.81. The second kappa shape index (κ2) is 4.97. The highest BCUT2D eigenvalue weighted by Crippen LogP contribution is 2.27. The molecule has 0 amide bonds. The number of nitrogens with zero attached hydrogens (tertiary/aromatic N) is 3. The molecule has 0 unspecified atom stereocenters. The van der Waals surface area contributed by atoms with E-state index in [1.165, 1.54) is 28.4 Å². The fourth-order valence-corrected chi connectivity index (χ4v) is 1.80. The molecule has 7 heteroatoms. The van der Waals surface area contributed by atoms with E-state index in [9.17, 15) is 14.9 Å². The van der Waals surface area contributed by atoms with Crippen molar-refractivity contribution >= 4 is 5.69 Å². The molecule has 0 radical (unpaired) electrons. The molecule has 0 aliphatic carbocycles. The Hall–Kier alpha value is -2.57. The van der Waals surface area contributed by atoms with E-state index in [0.717, 1.165) is 0 Å². The van der Waals surface area contributed by atoms with Gasteiger partial charge in [-0.25, -0.2) is 4.79 Å². The van der Waals surface area contributed by atoms with Gasteiger partial charge < -0.3 is 9.30 Å². The zero-order valence-electron chi connectivity index (χ0n) is 10.6. The van der Waals surface area contributed by atoms with Crippen molar-refractivity contribution in [1.82, 2.24) is 9.13 Å². The summed E-state index contributed by atoms with van der Waals surface area (Å²) < 4.78 is 7.85. The van der Waals surface area contributed by atoms with Crippen LogP contribution in [-0.4, -0.2) is 21.2 Å². The first-order valence-electron chi connectivity index (χ1n) is 5.56. The summed E-state index contributed by atoms with van der Waals surface area (Å²) in [6.07, 6.45) is 3.28. The van der Waals surface area contributed by atoms with Crippen LogP contribution in [0.5, 0.6) is 5.75 Å². The first kappa shape index (κ1) is 12.9. The SMILES string of the molecule is COc1ccc(Cn2ccn(C)c2=O)cc1[N+](=O)[O-]. The number of methoxy groups -OCH3 is 1. The van der Waals surface area contributed by atoms with Crippen molar-refractivity contribution < 1.29 is 9.66 Å². The summed E-state index contributed by atoms with van der Waals surface area (Å²) in [4.78, 5) is 22.1. The number of hydrogen-bond donors (Lipinski definition) is 0. The number of imidazole rings is 1. The second-order valence-corrected chi connectivity index (χ2v) is 4.08. The van der Waals surface area contributed by atoms with Gasteiger partial charge in [0, 0.05) is 25.5 Å². The van der Waals surface area contributed by atoms with Crippen molar-refractivity contribution in [3.63, 3.8) is 0 Å². The zero-order chi connectivity index (χ0) is 14.0. The predicted octanol–water partition coefficient (Wildman–Crippen LogP) is 1.15. The largest absolute Gasteiger partial charge is 0.490 e. The Kier molecular flexibility index (Phi) is 3.37. The van der Waals surface area contributed by atoms with Gasteiger partial charge >= 0.3 is 11.4 Å². The molecule has 0 spiro atoms. The van der Waals surface area contributed by atoms with Crippen LogP contribution < -0.4 is 10.4 Å². The lowest BCUT2D eigenvalue weighted by molar-refractivity contribution is -0.385. The molecule has 2 rings (SSSR count). The normalized spacial score (nSPS) is 10.4. The van der Waals surface area contributed by atoms with Gasteiger partial charge in [0.15, 0.2) is 5.75 Å². The number of benzene rings is 1. The molecule has 0 saturated carbocycles. The van der Waals surface area contributed by atoms with E-state index in [1.807, 2.05) is 0 Å². The molecule has 0 bridgehead atoms. The van der Waals surface area contributed by atoms with Crippen LogP contribution in [0.2, 0.25) is 0 Å². The third-order valence-corrected chi connectivity index (χ3v) is 2.81. The van der Waals surface area contributed by atoms with Crippen LogP contribution in [0.1, 0.15) is 5.56 Å². The summed E-state index contributed by atoms with van der Waals surface area (Å²) in [5.74, 6) is 0.203. The first-order valence-corrected chi connectivity index (χ1v) is 5.56. The van der Waals surface area contributed by atoms with Gasteiger partial charge in [-0.2, -0.15) is 0 Å². The minimum absolute atomic E-state index is 0.107. The average molecular weight is 263 g/mol. The third kappa shape index (κ3) is 2.49. The van der Waals surface area contributed by atoms with E-state index in [1.54, 1.807) is 25.5 Å². The van der Waals surface area contributed by atoms with Crippen LogP contribution in [0, 0.1) is 10.1 Å². The fraction of sp³-hybridized carbons (Fsp3) is 0.250. The minimum Gasteiger partial charge on any atom is -0.490 e. The Morgan fingerprint density at radius 2 is 2.11 bits per heavy atom. The molecule has 1 aromatic carbocycles. The molecule has 100 valence electrons. The molecule has 0 N–H and O–H groups in total. The van der Waals surface area contributed by atoms with Gasteiger partial charge in [-0.05, 0) is 11.6 Å². The molecule has 0 atom stereocenters. The second-order valence-electron chi connectivity index (χ2n) is 4.08. The van der Waals surface area contributed by atoms with Crippen molar-refractivity contribution in [2.75, 3.05) is 7.11 Å². The molecular formula is C12H13N3O4. The first-order chi connectivity index (χ1) is 9.02. The van der Waals surface area contributed by atoms with E-state index in [-0.39, 0.29) is 23.7 Å². The average Bonchev–Trinajstić information content (AvgIpc) is 2.70. The monoisotopic (exact) mass is 263 g/mol. The van der Waals surface area contributed by atoms with Crippen molar-refractivity contribution in [2.45, 2.75) is 6.54 Å². The lowest BCUT2D eigenvalue weighted by Gasteiger charge is -2.05. The number of aryl methyl sites for hydroxylation is 1. The Balaban J connectivity index is 2.36. The van der Waals surface area contributed by atoms with Gasteiger partial charge in [-0.15, -0.1) is 0 Å². The van der Waals surface area contributed by atoms with E-state index >= 15 is 0 Å². The number of nitro groups is 1. The van der Waals surface area contributed by atoms with Crippen LogP contribution in [0.15, 0.2) is 35.4 Å². The molecule has 0 aliphatic rings. The van der Waals surface area contributed by atoms with Crippen LogP contribution in [0.25, 0.3) is 0 Å². The lowest BCUT2D eigenvalue weighted by atomic mass is 10.2. The number of nitro benzene ring substituents is 1. The van der Waals surface area contributed by atoms with Gasteiger partial charge in [0.25, 0.3) is 0 Å². The van der Waals surface area contributed by atoms with Gasteiger partial charge in [0.2, 0.25) is 0 Å². The number of rotatable bonds is 4. The minimum atomic E-state index is -0.504. The highest BCUT2D eigenvalue weighted by atomic mass is 16.6. The quantitative estimate of drug-likeness (QED) is 0.612. The molecule has 2 aromatic rings. The van der Waals surface area contributed by atoms with Gasteiger partial charge in [-0.3, -0.25) is 14.7 Å². The van der Waals surface area contributed by atoms with E-state index in [4.69, 9.17) is 4.74 Å². The Morgan fingerprint density at radius 3 is 2.63 bits per heavy atom. The van der Waals surface area contributed by atoms with Crippen molar-refractivity contribution in [3.05, 3.63) is 56.8 Å². The highest BCUT2D eigenvalue weighted by Gasteiger charge is 2.15. The molecule has 1 heterocycles. The van der Waals surface area contributed by atoms with Gasteiger partial charge in [0.1, 0.15) is 0 Å². The molecule has 0 saturated heterocycles. The summed E-state index contributed by atoms with van der Waals surface area (Å²) in [6, 6.07) is 4.64. The van der Waals surface area contributed by atoms with E-state index in [0.29, 0.717) is 5.56 Å². The number of hydrogen-bond acceptors (Lipinski definition) is 4. The maximum Gasteiger partial charge on any atom is 0.328 e. The standard InChI is InChI=1S/C12H13N3O4/c1-13-5-6-14(12(13)16)8-9-3-4-11(19-2)10(7-9)15(17)18/h3-7H,8H2,1-2H3. The summed E-state index contributed by atoms with van der Waals surface area (Å²) in [5, 5.41) is 10.9. The molecule has 1 aromatic heterocycles. The lowest BCUT2D eigenvalue weighted by Crippen LogP contribution is -2.22. The van der Waals surface area contributed by atoms with E-state index in [2.05, 4.69) is 0 Å². The summed E-state index contributed by atoms with van der Waals surface area (Å²) in [7, 11) is 3.03. The smallest absolute Gasteiger partial charge is 0.328 e. The fourth-order valence-electron chi connectivity index (χ4n) is 1.80. The van der Waals surface area contributed by atoms with Crippen LogP contribution >= 0.6 is 0 Å². The number of aromatic nitrogens is 2. The maximum absolute atomic E-state index is 11.7. The summed E-state index contributed by atoms with van der Waals surface area (Å²) in [5.41, 5.74) is 0.392. The predicted molar refractivity (Wildman–Crippen MR) is 68.4 cm³/mol. The van der Waals surface area contributed by atoms with Crippen LogP contribution in [0.4, 0.5) is 5.69 Å². The summed E-state index contributed by atoms with van der Waals surface area (Å²) >= 11 is 0. The van der Waals surface area contributed by atoms with Crippen LogP contribution in [0.3, 0.4) is 0 Å². The Morgan fingerprint density at radius 1 is 1.37 bits per heavy atom. The number of ether oxygens (including phenoxy) is 1. The summed E-state index contributed by atoms with van der Waals surface area (Å²) in [6.45, 7) is 0.282. The van der Waals surface area contributed by atoms with Gasteiger partial charge in [-0.1, -0.05) is 6.07 Å².